The van der Waals surface area contributed by atoms with Crippen molar-refractivity contribution in [2.45, 2.75) is 12.8 Å². The Labute approximate surface area is 187 Å². The van der Waals surface area contributed by atoms with Crippen LogP contribution in [-0.4, -0.2) is 43.4 Å². The highest BCUT2D eigenvalue weighted by atomic mass is 16.7. The van der Waals surface area contributed by atoms with Gasteiger partial charge in [-0.25, -0.2) is 0 Å². The summed E-state index contributed by atoms with van der Waals surface area (Å²) in [6.45, 7) is 0.00272. The van der Waals surface area contributed by atoms with Crippen LogP contribution in [0.25, 0.3) is 0 Å². The number of carbonyl (C=O) groups is 1. The highest BCUT2D eigenvalue weighted by molar-refractivity contribution is 5.76. The molecular weight excluding hydrogens is 440 g/mol. The molecule has 2 aromatic carbocycles. The van der Waals surface area contributed by atoms with E-state index in [1.807, 2.05) is 0 Å². The SMILES string of the molecule is COc1cc(C[C@@H]2C(=O)OC[C@H]2Cc2cc3c(cc2[N+](=O)[O-])OCO3)c([N+](=O)[O-])cc1OC. The summed E-state index contributed by atoms with van der Waals surface area (Å²) in [7, 11) is 2.77. The van der Waals surface area contributed by atoms with Crippen LogP contribution >= 0.6 is 0 Å². The van der Waals surface area contributed by atoms with Gasteiger partial charge in [-0.15, -0.1) is 0 Å². The number of nitro groups is 2. The minimum atomic E-state index is -0.744. The summed E-state index contributed by atoms with van der Waals surface area (Å²) in [5, 5.41) is 23.2. The second kappa shape index (κ2) is 8.81. The van der Waals surface area contributed by atoms with Crippen LogP contribution in [0.15, 0.2) is 24.3 Å². The van der Waals surface area contributed by atoms with Gasteiger partial charge in [0.15, 0.2) is 23.0 Å². The highest BCUT2D eigenvalue weighted by Crippen LogP contribution is 2.41. The molecule has 0 amide bonds. The molecule has 0 saturated carbocycles. The Morgan fingerprint density at radius 3 is 2.09 bits per heavy atom. The van der Waals surface area contributed by atoms with E-state index in [9.17, 15) is 25.0 Å². The lowest BCUT2D eigenvalue weighted by Gasteiger charge is -2.17. The van der Waals surface area contributed by atoms with Crippen molar-refractivity contribution in [3.8, 4) is 23.0 Å². The molecule has 12 heteroatoms. The fourth-order valence-corrected chi connectivity index (χ4v) is 4.13. The highest BCUT2D eigenvalue weighted by Gasteiger charge is 2.40. The van der Waals surface area contributed by atoms with Crippen LogP contribution in [0.5, 0.6) is 23.0 Å². The zero-order valence-electron chi connectivity index (χ0n) is 17.8. The number of benzene rings is 2. The molecule has 12 nitrogen and oxygen atoms in total. The van der Waals surface area contributed by atoms with Crippen molar-refractivity contribution in [2.24, 2.45) is 11.8 Å². The molecule has 1 fully saturated rings. The first kappa shape index (κ1) is 22.1. The van der Waals surface area contributed by atoms with E-state index in [1.54, 1.807) is 0 Å². The van der Waals surface area contributed by atoms with E-state index in [2.05, 4.69) is 0 Å². The van der Waals surface area contributed by atoms with Crippen molar-refractivity contribution in [3.63, 3.8) is 0 Å². The number of carbonyl (C=O) groups excluding carboxylic acids is 1. The van der Waals surface area contributed by atoms with Gasteiger partial charge in [0, 0.05) is 17.0 Å². The maximum Gasteiger partial charge on any atom is 0.309 e. The maximum atomic E-state index is 12.5. The number of hydrogen-bond acceptors (Lipinski definition) is 10. The van der Waals surface area contributed by atoms with Gasteiger partial charge >= 0.3 is 5.97 Å². The van der Waals surface area contributed by atoms with Crippen LogP contribution in [0.2, 0.25) is 0 Å². The molecule has 0 radical (unpaired) electrons. The third-order valence-corrected chi connectivity index (χ3v) is 5.79. The summed E-state index contributed by atoms with van der Waals surface area (Å²) >= 11 is 0. The molecule has 2 aliphatic heterocycles. The van der Waals surface area contributed by atoms with Gasteiger partial charge in [-0.05, 0) is 25.0 Å². The Kier molecular flexibility index (Phi) is 5.90. The topological polar surface area (TPSA) is 150 Å². The summed E-state index contributed by atoms with van der Waals surface area (Å²) in [4.78, 5) is 34.7. The second-order valence-electron chi connectivity index (χ2n) is 7.59. The quantitative estimate of drug-likeness (QED) is 0.327. The standard InChI is InChI=1S/C21H20N2O10/c1-29-17-5-12(15(22(25)26)7-18(17)30-2)4-14-13(9-31-21(14)24)3-11-6-19-20(33-10-32-19)8-16(11)23(27)28/h5-8,13-14H,3-4,9-10H2,1-2H3/t13-,14+/m1/s1. The molecule has 0 bridgehead atoms. The Balaban J connectivity index is 1.65. The number of nitro benzene ring substituents is 2. The van der Waals surface area contributed by atoms with Crippen LogP contribution in [0.4, 0.5) is 11.4 Å². The minimum Gasteiger partial charge on any atom is -0.493 e. The summed E-state index contributed by atoms with van der Waals surface area (Å²) < 4.78 is 26.2. The summed E-state index contributed by atoms with van der Waals surface area (Å²) in [5.74, 6) is -0.569. The van der Waals surface area contributed by atoms with Crippen molar-refractivity contribution in [1.29, 1.82) is 0 Å². The molecule has 0 N–H and O–H groups in total. The van der Waals surface area contributed by atoms with Gasteiger partial charge in [0.1, 0.15) is 0 Å². The van der Waals surface area contributed by atoms with E-state index in [0.29, 0.717) is 11.3 Å². The number of esters is 1. The Hall–Kier alpha value is -4.09. The smallest absolute Gasteiger partial charge is 0.309 e. The number of ether oxygens (including phenoxy) is 5. The van der Waals surface area contributed by atoms with Gasteiger partial charge in [0.05, 0.1) is 48.7 Å². The van der Waals surface area contributed by atoms with Crippen molar-refractivity contribution in [3.05, 3.63) is 55.6 Å². The lowest BCUT2D eigenvalue weighted by molar-refractivity contribution is -0.385. The van der Waals surface area contributed by atoms with E-state index in [0.717, 1.165) is 0 Å². The predicted octanol–water partition coefficient (Wildman–Crippen LogP) is 2.82. The maximum absolute atomic E-state index is 12.5. The lowest BCUT2D eigenvalue weighted by Crippen LogP contribution is -2.21. The largest absolute Gasteiger partial charge is 0.493 e. The monoisotopic (exact) mass is 460 g/mol. The molecule has 4 rings (SSSR count). The molecule has 2 atom stereocenters. The van der Waals surface area contributed by atoms with Gasteiger partial charge in [-0.1, -0.05) is 0 Å². The van der Waals surface area contributed by atoms with E-state index in [-0.39, 0.29) is 60.4 Å². The zero-order chi connectivity index (χ0) is 23.7. The first-order valence-corrected chi connectivity index (χ1v) is 9.95. The molecular formula is C21H20N2O10. The first-order valence-electron chi connectivity index (χ1n) is 9.95. The van der Waals surface area contributed by atoms with E-state index in [1.165, 1.54) is 38.5 Å². The van der Waals surface area contributed by atoms with Crippen molar-refractivity contribution in [2.75, 3.05) is 27.6 Å². The number of hydrogen-bond donors (Lipinski definition) is 0. The molecule has 2 heterocycles. The molecule has 174 valence electrons. The third kappa shape index (κ3) is 4.19. The average Bonchev–Trinajstić information content (AvgIpc) is 3.39. The fraction of sp³-hybridized carbons (Fsp3) is 0.381. The van der Waals surface area contributed by atoms with Gasteiger partial charge in [-0.3, -0.25) is 25.0 Å². The number of rotatable bonds is 8. The van der Waals surface area contributed by atoms with Gasteiger partial charge < -0.3 is 23.7 Å². The summed E-state index contributed by atoms with van der Waals surface area (Å²) in [6, 6.07) is 5.53. The number of cyclic esters (lactones) is 1. The fourth-order valence-electron chi connectivity index (χ4n) is 4.13. The first-order chi connectivity index (χ1) is 15.8. The van der Waals surface area contributed by atoms with Crippen molar-refractivity contribution in [1.82, 2.24) is 0 Å². The molecule has 1 saturated heterocycles. The van der Waals surface area contributed by atoms with Crippen molar-refractivity contribution < 1.29 is 38.3 Å². The Morgan fingerprint density at radius 1 is 0.879 bits per heavy atom. The second-order valence-corrected chi connectivity index (χ2v) is 7.59. The number of nitrogens with zero attached hydrogens (tertiary/aromatic N) is 2. The zero-order valence-corrected chi connectivity index (χ0v) is 17.8. The van der Waals surface area contributed by atoms with Crippen LogP contribution in [0.1, 0.15) is 11.1 Å². The number of fused-ring (bicyclic) bond motifs is 1. The van der Waals surface area contributed by atoms with Crippen LogP contribution in [0.3, 0.4) is 0 Å². The van der Waals surface area contributed by atoms with Crippen LogP contribution in [-0.2, 0) is 22.4 Å². The van der Waals surface area contributed by atoms with E-state index in [4.69, 9.17) is 23.7 Å². The van der Waals surface area contributed by atoms with E-state index >= 15 is 0 Å². The van der Waals surface area contributed by atoms with Gasteiger partial charge in [0.2, 0.25) is 6.79 Å². The Bertz CT molecular complexity index is 1130. The Morgan fingerprint density at radius 2 is 1.45 bits per heavy atom. The van der Waals surface area contributed by atoms with Crippen LogP contribution < -0.4 is 18.9 Å². The average molecular weight is 460 g/mol. The summed E-state index contributed by atoms with van der Waals surface area (Å²) in [6.07, 6.45) is 0.142. The lowest BCUT2D eigenvalue weighted by atomic mass is 9.84. The number of methoxy groups -OCH3 is 2. The molecule has 0 spiro atoms. The van der Waals surface area contributed by atoms with Crippen LogP contribution in [0, 0.1) is 32.1 Å². The molecule has 2 aliphatic rings. The third-order valence-electron chi connectivity index (χ3n) is 5.79. The van der Waals surface area contributed by atoms with E-state index < -0.39 is 27.7 Å². The normalized spacial score (nSPS) is 18.7. The predicted molar refractivity (Wildman–Crippen MR) is 111 cm³/mol. The summed E-state index contributed by atoms with van der Waals surface area (Å²) in [5.41, 5.74) is 0.251. The molecule has 33 heavy (non-hydrogen) atoms. The molecule has 0 aliphatic carbocycles. The minimum absolute atomic E-state index is 0.00147. The van der Waals surface area contributed by atoms with Crippen molar-refractivity contribution >= 4 is 17.3 Å². The molecule has 0 unspecified atom stereocenters. The van der Waals surface area contributed by atoms with Gasteiger partial charge in [-0.2, -0.15) is 0 Å². The molecule has 2 aromatic rings. The van der Waals surface area contributed by atoms with Gasteiger partial charge in [0.25, 0.3) is 11.4 Å². The molecule has 0 aromatic heterocycles.